The van der Waals surface area contributed by atoms with Gasteiger partial charge in [-0.25, -0.2) is 4.98 Å². The highest BCUT2D eigenvalue weighted by atomic mass is 16.5. The molecule has 1 aromatic heterocycles. The number of hydrogen-bond acceptors (Lipinski definition) is 5. The van der Waals surface area contributed by atoms with Gasteiger partial charge in [0, 0.05) is 24.8 Å². The van der Waals surface area contributed by atoms with Crippen LogP contribution < -0.4 is 15.8 Å². The van der Waals surface area contributed by atoms with Gasteiger partial charge in [0.2, 0.25) is 11.8 Å². The first kappa shape index (κ1) is 13.1. The summed E-state index contributed by atoms with van der Waals surface area (Å²) in [7, 11) is 0. The Hall–Kier alpha value is -1.36. The van der Waals surface area contributed by atoms with Crippen molar-refractivity contribution in [2.75, 3.05) is 18.5 Å². The molecule has 1 fully saturated rings. The molecule has 1 aliphatic rings. The van der Waals surface area contributed by atoms with E-state index in [4.69, 9.17) is 10.5 Å². The average Bonchev–Trinajstić information content (AvgIpc) is 2.37. The second-order valence-corrected chi connectivity index (χ2v) is 4.83. The smallest absolute Gasteiger partial charge is 0.225 e. The summed E-state index contributed by atoms with van der Waals surface area (Å²) in [6.45, 7) is 3.45. The molecule has 0 radical (unpaired) electrons. The number of ether oxygens (including phenoxy) is 1. The number of nitrogens with two attached hydrogens (primary N) is 1. The summed E-state index contributed by atoms with van der Waals surface area (Å²) < 4.78 is 5.34. The number of nitrogens with one attached hydrogen (secondary N) is 1. The summed E-state index contributed by atoms with van der Waals surface area (Å²) in [4.78, 5) is 8.48. The molecule has 2 rings (SSSR count). The van der Waals surface area contributed by atoms with Crippen molar-refractivity contribution in [3.8, 4) is 5.88 Å². The van der Waals surface area contributed by atoms with Crippen molar-refractivity contribution in [3.63, 3.8) is 0 Å². The van der Waals surface area contributed by atoms with Crippen LogP contribution in [-0.4, -0.2) is 29.2 Å². The van der Waals surface area contributed by atoms with Gasteiger partial charge in [-0.2, -0.15) is 4.98 Å². The van der Waals surface area contributed by atoms with Crippen molar-refractivity contribution >= 4 is 5.95 Å². The Kier molecular flexibility index (Phi) is 4.75. The van der Waals surface area contributed by atoms with Crippen molar-refractivity contribution in [2.24, 2.45) is 11.7 Å². The average molecular weight is 250 g/mol. The lowest BCUT2D eigenvalue weighted by atomic mass is 9.86. The largest absolute Gasteiger partial charge is 0.478 e. The van der Waals surface area contributed by atoms with Gasteiger partial charge in [-0.1, -0.05) is 6.42 Å². The maximum absolute atomic E-state index is 5.98. The molecule has 0 bridgehead atoms. The first-order valence-corrected chi connectivity index (χ1v) is 6.73. The van der Waals surface area contributed by atoms with Gasteiger partial charge in [0.05, 0.1) is 6.61 Å². The minimum atomic E-state index is 0.362. The lowest BCUT2D eigenvalue weighted by Gasteiger charge is -2.26. The molecular formula is C13H22N4O. The highest BCUT2D eigenvalue weighted by molar-refractivity contribution is 5.27. The molecular weight excluding hydrogens is 228 g/mol. The fourth-order valence-electron chi connectivity index (χ4n) is 2.41. The predicted molar refractivity (Wildman–Crippen MR) is 71.6 cm³/mol. The Morgan fingerprint density at radius 3 is 3.17 bits per heavy atom. The fraction of sp³-hybridized carbons (Fsp3) is 0.692. The van der Waals surface area contributed by atoms with E-state index in [1.165, 1.54) is 12.8 Å². The summed E-state index contributed by atoms with van der Waals surface area (Å²) in [6.07, 6.45) is 6.44. The van der Waals surface area contributed by atoms with E-state index in [9.17, 15) is 0 Å². The van der Waals surface area contributed by atoms with E-state index >= 15 is 0 Å². The number of hydrogen-bond donors (Lipinski definition) is 2. The normalized spacial score (nSPS) is 23.7. The lowest BCUT2D eigenvalue weighted by Crippen LogP contribution is -2.31. The summed E-state index contributed by atoms with van der Waals surface area (Å²) in [5.41, 5.74) is 5.98. The van der Waals surface area contributed by atoms with Gasteiger partial charge < -0.3 is 15.8 Å². The summed E-state index contributed by atoms with van der Waals surface area (Å²) in [5, 5.41) is 3.28. The van der Waals surface area contributed by atoms with Crippen molar-refractivity contribution in [3.05, 3.63) is 12.3 Å². The summed E-state index contributed by atoms with van der Waals surface area (Å²) in [5.74, 6) is 1.89. The van der Waals surface area contributed by atoms with Crippen LogP contribution >= 0.6 is 0 Å². The Labute approximate surface area is 108 Å². The first-order valence-electron chi connectivity index (χ1n) is 6.73. The topological polar surface area (TPSA) is 73.1 Å². The Morgan fingerprint density at radius 2 is 2.39 bits per heavy atom. The molecule has 1 aliphatic carbocycles. The van der Waals surface area contributed by atoms with Crippen LogP contribution in [0.25, 0.3) is 0 Å². The minimum Gasteiger partial charge on any atom is -0.478 e. The molecule has 1 heterocycles. The van der Waals surface area contributed by atoms with Crippen molar-refractivity contribution in [1.82, 2.24) is 9.97 Å². The van der Waals surface area contributed by atoms with Crippen LogP contribution in [0.4, 0.5) is 5.95 Å². The molecule has 0 saturated heterocycles. The van der Waals surface area contributed by atoms with Gasteiger partial charge in [0.25, 0.3) is 0 Å². The second kappa shape index (κ2) is 6.54. The van der Waals surface area contributed by atoms with Crippen LogP contribution in [-0.2, 0) is 0 Å². The van der Waals surface area contributed by atoms with E-state index in [-0.39, 0.29) is 0 Å². The highest BCUT2D eigenvalue weighted by Crippen LogP contribution is 2.23. The zero-order valence-corrected chi connectivity index (χ0v) is 10.9. The van der Waals surface area contributed by atoms with Crippen LogP contribution in [0, 0.1) is 5.92 Å². The number of rotatable bonds is 5. The van der Waals surface area contributed by atoms with Crippen LogP contribution in [0.5, 0.6) is 5.88 Å². The van der Waals surface area contributed by atoms with E-state index in [1.807, 2.05) is 6.92 Å². The standard InChI is InChI=1S/C13H22N4O/c1-2-18-12-6-7-15-13(17-12)16-9-10-4-3-5-11(14)8-10/h6-7,10-11H,2-5,8-9,14H2,1H3,(H,15,16,17). The van der Waals surface area contributed by atoms with Crippen LogP contribution in [0.1, 0.15) is 32.6 Å². The highest BCUT2D eigenvalue weighted by Gasteiger charge is 2.19. The zero-order chi connectivity index (χ0) is 12.8. The van der Waals surface area contributed by atoms with E-state index in [0.717, 1.165) is 19.4 Å². The fourth-order valence-corrected chi connectivity index (χ4v) is 2.41. The predicted octanol–water partition coefficient (Wildman–Crippen LogP) is 1.80. The lowest BCUT2D eigenvalue weighted by molar-refractivity contribution is 0.325. The van der Waals surface area contributed by atoms with Gasteiger partial charge in [-0.05, 0) is 32.1 Å². The van der Waals surface area contributed by atoms with Crippen LogP contribution in [0.3, 0.4) is 0 Å². The maximum Gasteiger partial charge on any atom is 0.225 e. The number of anilines is 1. The van der Waals surface area contributed by atoms with E-state index < -0.39 is 0 Å². The maximum atomic E-state index is 5.98. The molecule has 0 aromatic carbocycles. The monoisotopic (exact) mass is 250 g/mol. The molecule has 5 nitrogen and oxygen atoms in total. The first-order chi connectivity index (χ1) is 8.78. The molecule has 0 spiro atoms. The summed E-state index contributed by atoms with van der Waals surface area (Å²) >= 11 is 0. The third kappa shape index (κ3) is 3.84. The third-order valence-corrected chi connectivity index (χ3v) is 3.29. The van der Waals surface area contributed by atoms with Gasteiger partial charge in [0.1, 0.15) is 0 Å². The quantitative estimate of drug-likeness (QED) is 0.833. The summed E-state index contributed by atoms with van der Waals surface area (Å²) in [6, 6.07) is 2.13. The Balaban J connectivity index is 1.83. The molecule has 2 unspecified atom stereocenters. The molecule has 1 saturated carbocycles. The molecule has 1 aromatic rings. The number of nitrogens with zero attached hydrogens (tertiary/aromatic N) is 2. The minimum absolute atomic E-state index is 0.362. The zero-order valence-electron chi connectivity index (χ0n) is 10.9. The van der Waals surface area contributed by atoms with Gasteiger partial charge in [0.15, 0.2) is 0 Å². The molecule has 18 heavy (non-hydrogen) atoms. The molecule has 3 N–H and O–H groups in total. The number of aromatic nitrogens is 2. The van der Waals surface area contributed by atoms with Crippen LogP contribution in [0.2, 0.25) is 0 Å². The molecule has 5 heteroatoms. The van der Waals surface area contributed by atoms with Gasteiger partial charge in [-0.3, -0.25) is 0 Å². The Morgan fingerprint density at radius 1 is 1.50 bits per heavy atom. The van der Waals surface area contributed by atoms with Crippen molar-refractivity contribution in [2.45, 2.75) is 38.6 Å². The molecule has 0 aliphatic heterocycles. The SMILES string of the molecule is CCOc1ccnc(NCC2CCCC(N)C2)n1. The second-order valence-electron chi connectivity index (χ2n) is 4.83. The molecule has 0 amide bonds. The van der Waals surface area contributed by atoms with E-state index in [0.29, 0.717) is 30.4 Å². The van der Waals surface area contributed by atoms with E-state index in [1.54, 1.807) is 12.3 Å². The van der Waals surface area contributed by atoms with Gasteiger partial charge >= 0.3 is 0 Å². The third-order valence-electron chi connectivity index (χ3n) is 3.29. The molecule has 100 valence electrons. The van der Waals surface area contributed by atoms with Crippen molar-refractivity contribution in [1.29, 1.82) is 0 Å². The van der Waals surface area contributed by atoms with Crippen LogP contribution in [0.15, 0.2) is 12.3 Å². The van der Waals surface area contributed by atoms with Gasteiger partial charge in [-0.15, -0.1) is 0 Å². The van der Waals surface area contributed by atoms with Crippen molar-refractivity contribution < 1.29 is 4.74 Å². The molecule has 2 atom stereocenters. The Bertz CT molecular complexity index is 372. The van der Waals surface area contributed by atoms with E-state index in [2.05, 4.69) is 15.3 Å².